The first-order valence-corrected chi connectivity index (χ1v) is 33.3. The lowest BCUT2D eigenvalue weighted by atomic mass is 9.97. The molecule has 0 spiro atoms. The monoisotopic (exact) mass is 1560 g/mol. The van der Waals surface area contributed by atoms with Gasteiger partial charge in [0.15, 0.2) is 32.4 Å². The van der Waals surface area contributed by atoms with Gasteiger partial charge in [0, 0.05) is 56.1 Å². The molecule has 31 heteroatoms. The van der Waals surface area contributed by atoms with E-state index in [4.69, 9.17) is 67.1 Å². The van der Waals surface area contributed by atoms with E-state index in [0.717, 1.165) is 50.8 Å². The number of rotatable bonds is 20. The molecule has 7 aromatic carbocycles. The van der Waals surface area contributed by atoms with Crippen LogP contribution in [-0.2, 0) is 26.2 Å². The van der Waals surface area contributed by atoms with Crippen LogP contribution >= 0.6 is 58.8 Å². The summed E-state index contributed by atoms with van der Waals surface area (Å²) in [7, 11) is 6.53. The summed E-state index contributed by atoms with van der Waals surface area (Å²) in [6, 6.07) is 39.1. The fourth-order valence-corrected chi connectivity index (χ4v) is 9.85. The van der Waals surface area contributed by atoms with Gasteiger partial charge in [-0.15, -0.1) is 0 Å². The number of ketones is 2. The molecule has 18 N–H and O–H groups in total. The van der Waals surface area contributed by atoms with Crippen molar-refractivity contribution in [2.45, 2.75) is 100 Å². The minimum atomic E-state index is -0.339. The quantitative estimate of drug-likeness (QED) is 0.0146. The van der Waals surface area contributed by atoms with E-state index in [1.165, 1.54) is 30.3 Å². The van der Waals surface area contributed by atoms with Gasteiger partial charge in [-0.1, -0.05) is 105 Å². The molecule has 0 radical (unpaired) electrons. The maximum Gasteiger partial charge on any atom is 0.195 e. The Kier molecular flexibility index (Phi) is 44.5. The predicted octanol–water partition coefficient (Wildman–Crippen LogP) is 13.5. The lowest BCUT2D eigenvalue weighted by Gasteiger charge is -2.13. The largest absolute Gasteiger partial charge is 0.508 e. The van der Waals surface area contributed by atoms with Crippen molar-refractivity contribution in [2.24, 2.45) is 16.5 Å². The molecule has 107 heavy (non-hydrogen) atoms. The Morgan fingerprint density at radius 3 is 1.35 bits per heavy atom. The molecule has 0 bridgehead atoms. The molecule has 10 rings (SSSR count). The molecule has 0 aliphatic heterocycles. The van der Waals surface area contributed by atoms with Gasteiger partial charge in [0.1, 0.15) is 70.1 Å². The van der Waals surface area contributed by atoms with Crippen LogP contribution in [0.4, 0.5) is 0 Å². The number of methoxy groups -OCH3 is 4. The summed E-state index contributed by atoms with van der Waals surface area (Å²) in [5.41, 5.74) is 17.7. The first-order chi connectivity index (χ1) is 48.8. The van der Waals surface area contributed by atoms with Gasteiger partial charge in [-0.3, -0.25) is 28.4 Å². The minimum Gasteiger partial charge on any atom is -0.508 e. The number of imidazole rings is 2. The highest BCUT2D eigenvalue weighted by Crippen LogP contribution is 2.38. The van der Waals surface area contributed by atoms with Gasteiger partial charge in [-0.2, -0.15) is 15.0 Å². The number of benzene rings is 7. The van der Waals surface area contributed by atoms with Gasteiger partial charge in [0.05, 0.1) is 76.5 Å². The molecular weight excluding hydrogens is 1460 g/mol. The Morgan fingerprint density at radius 2 is 0.963 bits per heavy atom. The fourth-order valence-electron chi connectivity index (χ4n) is 9.23. The van der Waals surface area contributed by atoms with E-state index >= 15 is 0 Å². The third-order valence-electron chi connectivity index (χ3n) is 14.9. The SMILES string of the molecule is C.C.CC(C)c1cc(C(=O)CN)c(O)cc1O.COc1ccc(CN)cc1.COc1ccc(CN=C=S)cc1.COc1ccc(CNC(=S)NCC(=O)c2cc(C(C)C)c(O)cc2O)cc1.COc1ccc(Cn2c(-c3cc(C(C)C)c(O)cc3O)n[nH]c2=S)cc1.N.O.P.S=C(n1ccnc1)n1ccnc1. The molecule has 578 valence electrons. The Balaban J connectivity index is 0.00000130. The second kappa shape index (κ2) is 49.3. The van der Waals surface area contributed by atoms with E-state index in [1.54, 1.807) is 81.1 Å². The van der Waals surface area contributed by atoms with Crippen LogP contribution in [0.25, 0.3) is 11.4 Å². The normalized spacial score (nSPS) is 9.82. The highest BCUT2D eigenvalue weighted by molar-refractivity contribution is 7.80. The number of aliphatic imine (C=N–C) groups is 1. The van der Waals surface area contributed by atoms with Crippen molar-refractivity contribution in [2.75, 3.05) is 41.5 Å². The van der Waals surface area contributed by atoms with Crippen molar-refractivity contribution < 1.29 is 64.7 Å². The molecule has 0 saturated heterocycles. The van der Waals surface area contributed by atoms with Crippen molar-refractivity contribution in [1.29, 1.82) is 0 Å². The van der Waals surface area contributed by atoms with Crippen LogP contribution in [0, 0.1) is 4.77 Å². The zero-order chi connectivity index (χ0) is 75.0. The van der Waals surface area contributed by atoms with Crippen molar-refractivity contribution >= 4 is 85.7 Å². The molecule has 0 aliphatic carbocycles. The lowest BCUT2D eigenvalue weighted by molar-refractivity contribution is 0.0987. The minimum absolute atomic E-state index is 0. The Hall–Kier alpha value is -10.5. The van der Waals surface area contributed by atoms with E-state index < -0.39 is 0 Å². The lowest BCUT2D eigenvalue weighted by Crippen LogP contribution is -2.37. The average Bonchev–Trinajstić information content (AvgIpc) is 1.65. The molecular formula is C76H102N13O13PS4. The first-order valence-electron chi connectivity index (χ1n) is 31.7. The Labute approximate surface area is 650 Å². The van der Waals surface area contributed by atoms with E-state index in [0.29, 0.717) is 63.7 Å². The number of hydrogen-bond acceptors (Lipinski definition) is 23. The fraction of sp³-hybridized carbons (Fsp3) is 0.276. The molecule has 0 aliphatic rings. The molecule has 0 amide bonds. The molecule has 1 unspecified atom stereocenters. The van der Waals surface area contributed by atoms with Crippen LogP contribution < -0.4 is 47.2 Å². The Bertz CT molecular complexity index is 4370. The maximum atomic E-state index is 12.4. The number of aromatic nitrogens is 7. The number of aromatic hydroxyl groups is 6. The predicted molar refractivity (Wildman–Crippen MR) is 442 cm³/mol. The molecule has 3 heterocycles. The van der Waals surface area contributed by atoms with Gasteiger partial charge in [0.2, 0.25) is 0 Å². The number of carbonyl (C=O) groups is 2. The van der Waals surface area contributed by atoms with Crippen LogP contribution in [0.2, 0.25) is 0 Å². The summed E-state index contributed by atoms with van der Waals surface area (Å²) in [5.74, 6) is 2.87. The molecule has 0 fully saturated rings. The second-order valence-corrected chi connectivity index (χ2v) is 24.3. The molecule has 0 saturated carbocycles. The van der Waals surface area contributed by atoms with E-state index in [1.807, 2.05) is 143 Å². The zero-order valence-electron chi connectivity index (χ0n) is 60.1. The number of Topliss-reactive ketones (excluding diaryl/α,β-unsaturated/α-hetero) is 2. The number of ether oxygens (including phenoxy) is 4. The second-order valence-electron chi connectivity index (χ2n) is 23.0. The van der Waals surface area contributed by atoms with Crippen LogP contribution in [0.5, 0.6) is 57.5 Å². The van der Waals surface area contributed by atoms with Crippen molar-refractivity contribution in [3.05, 3.63) is 226 Å². The summed E-state index contributed by atoms with van der Waals surface area (Å²) in [6.07, 6.45) is 10.3. The number of phenols is 6. The van der Waals surface area contributed by atoms with Crippen LogP contribution in [0.1, 0.15) is 134 Å². The third kappa shape index (κ3) is 30.1. The summed E-state index contributed by atoms with van der Waals surface area (Å²) < 4.78 is 26.0. The van der Waals surface area contributed by atoms with Gasteiger partial charge in [-0.05, 0) is 172 Å². The number of thiocarbonyl (C=S) groups is 3. The molecule has 3 aromatic heterocycles. The van der Waals surface area contributed by atoms with E-state index in [-0.39, 0.29) is 124 Å². The topological polar surface area (TPSA) is 417 Å². The third-order valence-corrected chi connectivity index (χ3v) is 16.1. The van der Waals surface area contributed by atoms with Crippen molar-refractivity contribution in [3.63, 3.8) is 0 Å². The van der Waals surface area contributed by atoms with Crippen LogP contribution in [0.15, 0.2) is 176 Å². The summed E-state index contributed by atoms with van der Waals surface area (Å²) in [5, 5.41) is 75.5. The van der Waals surface area contributed by atoms with Crippen LogP contribution in [-0.4, -0.2) is 138 Å². The maximum absolute atomic E-state index is 12.4. The van der Waals surface area contributed by atoms with Crippen molar-refractivity contribution in [3.8, 4) is 68.9 Å². The molecule has 1 atom stereocenters. The van der Waals surface area contributed by atoms with E-state index in [9.17, 15) is 40.2 Å². The summed E-state index contributed by atoms with van der Waals surface area (Å²) in [6.45, 7) is 13.5. The molecule has 26 nitrogen and oxygen atoms in total. The first kappa shape index (κ1) is 96.5. The number of hydrogen-bond donors (Lipinski definition) is 12. The van der Waals surface area contributed by atoms with Gasteiger partial charge >= 0.3 is 0 Å². The highest BCUT2D eigenvalue weighted by Gasteiger charge is 2.20. The van der Waals surface area contributed by atoms with Crippen LogP contribution in [0.3, 0.4) is 0 Å². The number of H-pyrrole nitrogens is 1. The average molecular weight is 1560 g/mol. The molecule has 10 aromatic rings. The van der Waals surface area contributed by atoms with E-state index in [2.05, 4.69) is 53.2 Å². The van der Waals surface area contributed by atoms with Crippen molar-refractivity contribution in [1.82, 2.24) is 50.7 Å². The van der Waals surface area contributed by atoms with Gasteiger partial charge in [0.25, 0.3) is 0 Å². The zero-order valence-corrected chi connectivity index (χ0v) is 64.8. The highest BCUT2D eigenvalue weighted by atomic mass is 32.1. The van der Waals surface area contributed by atoms with Gasteiger partial charge in [-0.25, -0.2) is 15.0 Å². The number of nitrogens with two attached hydrogens (primary N) is 2. The van der Waals surface area contributed by atoms with Gasteiger partial charge < -0.3 is 83.3 Å². The number of isothiocyanates is 1. The summed E-state index contributed by atoms with van der Waals surface area (Å²) >= 11 is 20.2. The number of carbonyl (C=O) groups excluding carboxylic acids is 2. The smallest absolute Gasteiger partial charge is 0.195 e. The Morgan fingerprint density at radius 1 is 0.570 bits per heavy atom. The number of aromatic amines is 1. The number of nitrogens with zero attached hydrogens (tertiary/aromatic N) is 7. The number of phenolic OH excluding ortho intramolecular Hbond substituents is 6. The summed E-state index contributed by atoms with van der Waals surface area (Å²) in [4.78, 5) is 35.4. The standard InChI is InChI=1S/C20H24N2O4S.C19H21N3O3S.C11H15NO3.C9H9NOS.C8H11NO.C7H6N4S.2CH4.H3N.H2O.H3P/c1-12(2)15-8-16(18(24)9-17(15)23)19(25)11-22-20(27)21-10-13-4-6-14(26-3)7-5-13;1-11(2)14-8-15(17(24)9-16(14)23)18-20-21-19(26)22(18)10-12-4-6-13(25-3)7-5-12;1-6(2)7-3-8(11(15)5-12)10(14)4-9(7)13;1-11-9-4-2-8(3-5-9)6-10-7-12;1-10-8-4-2-7(6-9)3-5-8;12-7(10-3-1-8-5-10)11-4-2-9-6-11;;;;;/h4-9,12,23-24H,10-11H2,1-3H3,(H2,21,22,27);4-9,11,23-24H,10H2,1-3H3,(H,21,26);3-4,6,13-14H,5,12H2,1-2H3;2-5H,6H2,1H3;2-5H,6,9H2,1H3;1-6H;2*1H4;1H3;1H2;1H3. The number of nitrogens with one attached hydrogen (secondary N) is 3.